The van der Waals surface area contributed by atoms with Gasteiger partial charge in [-0.2, -0.15) is 0 Å². The van der Waals surface area contributed by atoms with E-state index in [0.717, 1.165) is 0 Å². The van der Waals surface area contributed by atoms with E-state index < -0.39 is 12.2 Å². The van der Waals surface area contributed by atoms with Crippen LogP contribution in [0.15, 0.2) is 60.7 Å². The van der Waals surface area contributed by atoms with E-state index in [0.29, 0.717) is 46.6 Å². The van der Waals surface area contributed by atoms with E-state index in [9.17, 15) is 9.59 Å². The van der Waals surface area contributed by atoms with E-state index >= 15 is 0 Å². The van der Waals surface area contributed by atoms with Crippen molar-refractivity contribution < 1.29 is 19.1 Å². The number of hydrogen-bond donors (Lipinski definition) is 0. The fourth-order valence-electron chi connectivity index (χ4n) is 7.87. The molecule has 2 bridgehead atoms. The average molecular weight is 475 g/mol. The van der Waals surface area contributed by atoms with E-state index in [1.165, 1.54) is 19.3 Å². The summed E-state index contributed by atoms with van der Waals surface area (Å²) in [6.07, 6.45) is 2.90. The number of carbonyl (C=O) groups is 2. The largest absolute Gasteiger partial charge is 0.454 e. The third-order valence-corrected chi connectivity index (χ3v) is 9.06. The SMILES string of the molecule is CC(C)C1C(OC(=O)c2ccccc2)C(OC(=O)c2ccccc2)C(C(C)C)C2C3CCC(C3)C12. The number of ether oxygens (including phenoxy) is 2. The van der Waals surface area contributed by atoms with Gasteiger partial charge in [-0.25, -0.2) is 9.59 Å². The Balaban J connectivity index is 1.55. The van der Waals surface area contributed by atoms with Crippen molar-refractivity contribution in [1.29, 1.82) is 0 Å². The summed E-state index contributed by atoms with van der Waals surface area (Å²) in [5.41, 5.74) is 1.08. The van der Waals surface area contributed by atoms with Crippen LogP contribution in [0.25, 0.3) is 0 Å². The minimum absolute atomic E-state index is 0.173. The Hall–Kier alpha value is -2.62. The molecule has 0 N–H and O–H groups in total. The van der Waals surface area contributed by atoms with Gasteiger partial charge in [-0.3, -0.25) is 0 Å². The molecule has 2 aromatic rings. The van der Waals surface area contributed by atoms with Crippen molar-refractivity contribution in [1.82, 2.24) is 0 Å². The van der Waals surface area contributed by atoms with Gasteiger partial charge < -0.3 is 9.47 Å². The number of benzene rings is 2. The Bertz CT molecular complexity index is 947. The standard InChI is InChI=1S/C31H38O4/c1-18(2)24-26-22-15-16-23(17-22)27(26)25(19(3)4)29(35-31(33)21-13-9-6-10-14-21)28(24)34-30(32)20-11-7-5-8-12-20/h5-14,18-19,22-29H,15-17H2,1-4H3. The Morgan fingerprint density at radius 3 is 1.37 bits per heavy atom. The normalized spacial score (nSPS) is 33.5. The van der Waals surface area contributed by atoms with E-state index in [-0.39, 0.29) is 23.8 Å². The van der Waals surface area contributed by atoms with Gasteiger partial charge in [0.1, 0.15) is 12.2 Å². The van der Waals surface area contributed by atoms with Gasteiger partial charge in [-0.05, 0) is 79.0 Å². The summed E-state index contributed by atoms with van der Waals surface area (Å²) in [5.74, 6) is 2.73. The molecule has 0 radical (unpaired) electrons. The van der Waals surface area contributed by atoms with Crippen LogP contribution in [0.4, 0.5) is 0 Å². The van der Waals surface area contributed by atoms with Crippen LogP contribution >= 0.6 is 0 Å². The molecule has 2 aromatic carbocycles. The molecule has 8 unspecified atom stereocenters. The fourth-order valence-corrected chi connectivity index (χ4v) is 7.87. The minimum Gasteiger partial charge on any atom is -0.454 e. The molecule has 5 rings (SSSR count). The van der Waals surface area contributed by atoms with Crippen molar-refractivity contribution in [3.05, 3.63) is 71.8 Å². The third-order valence-electron chi connectivity index (χ3n) is 9.06. The molecule has 3 fully saturated rings. The molecule has 3 saturated carbocycles. The first-order valence-corrected chi connectivity index (χ1v) is 13.4. The highest BCUT2D eigenvalue weighted by Crippen LogP contribution is 2.64. The first kappa shape index (κ1) is 24.1. The number of fused-ring (bicyclic) bond motifs is 5. The molecule has 35 heavy (non-hydrogen) atoms. The van der Waals surface area contributed by atoms with Crippen LogP contribution < -0.4 is 0 Å². The van der Waals surface area contributed by atoms with Crippen LogP contribution in [0.5, 0.6) is 0 Å². The molecule has 3 aliphatic carbocycles. The summed E-state index contributed by atoms with van der Waals surface area (Å²) in [6, 6.07) is 18.4. The molecule has 186 valence electrons. The summed E-state index contributed by atoms with van der Waals surface area (Å²) >= 11 is 0. The molecule has 0 saturated heterocycles. The molecule has 0 spiro atoms. The smallest absolute Gasteiger partial charge is 0.338 e. The molecule has 0 aromatic heterocycles. The molecule has 0 heterocycles. The maximum absolute atomic E-state index is 13.3. The maximum Gasteiger partial charge on any atom is 0.338 e. The number of carbonyl (C=O) groups excluding carboxylic acids is 2. The zero-order valence-electron chi connectivity index (χ0n) is 21.3. The molecule has 0 amide bonds. The van der Waals surface area contributed by atoms with Crippen molar-refractivity contribution in [2.24, 2.45) is 47.3 Å². The van der Waals surface area contributed by atoms with Crippen LogP contribution in [0, 0.1) is 47.3 Å². The van der Waals surface area contributed by atoms with Crippen LogP contribution in [-0.4, -0.2) is 24.1 Å². The van der Waals surface area contributed by atoms with Gasteiger partial charge in [-0.1, -0.05) is 64.1 Å². The Morgan fingerprint density at radius 2 is 1.03 bits per heavy atom. The highest BCUT2D eigenvalue weighted by molar-refractivity contribution is 5.90. The lowest BCUT2D eigenvalue weighted by atomic mass is 9.54. The molecular weight excluding hydrogens is 436 g/mol. The molecule has 3 aliphatic rings. The summed E-state index contributed by atoms with van der Waals surface area (Å²) in [7, 11) is 0. The second-order valence-electron chi connectivity index (χ2n) is 11.6. The predicted octanol–water partition coefficient (Wildman–Crippen LogP) is 6.66. The Kier molecular flexibility index (Phi) is 6.74. The lowest BCUT2D eigenvalue weighted by Gasteiger charge is -2.54. The highest BCUT2D eigenvalue weighted by Gasteiger charge is 2.63. The van der Waals surface area contributed by atoms with Gasteiger partial charge in [0.05, 0.1) is 11.1 Å². The van der Waals surface area contributed by atoms with Gasteiger partial charge in [0.15, 0.2) is 0 Å². The molecule has 0 aliphatic heterocycles. The monoisotopic (exact) mass is 474 g/mol. The maximum atomic E-state index is 13.3. The average Bonchev–Trinajstić information content (AvgIpc) is 3.47. The second-order valence-corrected chi connectivity index (χ2v) is 11.6. The molecular formula is C31H38O4. The van der Waals surface area contributed by atoms with Crippen LogP contribution in [0.1, 0.15) is 67.7 Å². The van der Waals surface area contributed by atoms with Crippen molar-refractivity contribution >= 4 is 11.9 Å². The first-order valence-electron chi connectivity index (χ1n) is 13.4. The molecule has 4 heteroatoms. The zero-order valence-corrected chi connectivity index (χ0v) is 21.3. The van der Waals surface area contributed by atoms with Crippen molar-refractivity contribution in [3.8, 4) is 0 Å². The van der Waals surface area contributed by atoms with E-state index in [4.69, 9.17) is 9.47 Å². The topological polar surface area (TPSA) is 52.6 Å². The van der Waals surface area contributed by atoms with Gasteiger partial charge in [0.25, 0.3) is 0 Å². The highest BCUT2D eigenvalue weighted by atomic mass is 16.6. The van der Waals surface area contributed by atoms with Crippen LogP contribution in [0.2, 0.25) is 0 Å². The summed E-state index contributed by atoms with van der Waals surface area (Å²) in [4.78, 5) is 26.7. The number of hydrogen-bond acceptors (Lipinski definition) is 4. The fraction of sp³-hybridized carbons (Fsp3) is 0.548. The minimum atomic E-state index is -0.455. The van der Waals surface area contributed by atoms with Gasteiger partial charge in [-0.15, -0.1) is 0 Å². The van der Waals surface area contributed by atoms with Crippen molar-refractivity contribution in [3.63, 3.8) is 0 Å². The van der Waals surface area contributed by atoms with Crippen LogP contribution in [-0.2, 0) is 9.47 Å². The van der Waals surface area contributed by atoms with Crippen LogP contribution in [0.3, 0.4) is 0 Å². The van der Waals surface area contributed by atoms with Crippen molar-refractivity contribution in [2.75, 3.05) is 0 Å². The molecule has 4 nitrogen and oxygen atoms in total. The second kappa shape index (κ2) is 9.79. The Morgan fingerprint density at radius 1 is 0.657 bits per heavy atom. The van der Waals surface area contributed by atoms with Gasteiger partial charge >= 0.3 is 11.9 Å². The van der Waals surface area contributed by atoms with E-state index in [1.54, 1.807) is 24.3 Å². The van der Waals surface area contributed by atoms with Gasteiger partial charge in [0.2, 0.25) is 0 Å². The first-order chi connectivity index (χ1) is 16.9. The van der Waals surface area contributed by atoms with E-state index in [2.05, 4.69) is 27.7 Å². The third kappa shape index (κ3) is 4.41. The lowest BCUT2D eigenvalue weighted by Crippen LogP contribution is -2.59. The number of esters is 2. The quantitative estimate of drug-likeness (QED) is 0.440. The zero-order chi connectivity index (χ0) is 24.7. The summed E-state index contributed by atoms with van der Waals surface area (Å²) < 4.78 is 12.8. The molecule has 8 atom stereocenters. The predicted molar refractivity (Wildman–Crippen MR) is 136 cm³/mol. The Labute approximate surface area is 209 Å². The summed E-state index contributed by atoms with van der Waals surface area (Å²) in [5, 5.41) is 0. The van der Waals surface area contributed by atoms with E-state index in [1.807, 2.05) is 36.4 Å². The number of rotatable bonds is 6. The van der Waals surface area contributed by atoms with Crippen molar-refractivity contribution in [2.45, 2.75) is 59.2 Å². The summed E-state index contributed by atoms with van der Waals surface area (Å²) in [6.45, 7) is 8.96. The van der Waals surface area contributed by atoms with Gasteiger partial charge in [0, 0.05) is 11.8 Å². The lowest BCUT2D eigenvalue weighted by molar-refractivity contribution is -0.165.